The summed E-state index contributed by atoms with van der Waals surface area (Å²) in [6.07, 6.45) is 0.313. The van der Waals surface area contributed by atoms with E-state index in [2.05, 4.69) is 4.74 Å². The molecule has 0 saturated carbocycles. The monoisotopic (exact) mass is 465 g/mol. The molecule has 0 aromatic heterocycles. The molecule has 1 aliphatic rings. The Bertz CT molecular complexity index is 1030. The second kappa shape index (κ2) is 10.4. The number of carbonyl (C=O) groups is 2. The van der Waals surface area contributed by atoms with Crippen LogP contribution in [0.15, 0.2) is 30.3 Å². The highest BCUT2D eigenvalue weighted by atomic mass is 19.3. The lowest BCUT2D eigenvalue weighted by Gasteiger charge is -2.37. The van der Waals surface area contributed by atoms with Gasteiger partial charge in [-0.2, -0.15) is 8.78 Å². The summed E-state index contributed by atoms with van der Waals surface area (Å²) in [5, 5.41) is 0. The second-order valence-electron chi connectivity index (χ2n) is 7.17. The first-order chi connectivity index (χ1) is 15.8. The smallest absolute Gasteiger partial charge is 0.387 e. The summed E-state index contributed by atoms with van der Waals surface area (Å²) >= 11 is 0. The van der Waals surface area contributed by atoms with E-state index >= 15 is 0 Å². The van der Waals surface area contributed by atoms with Crippen LogP contribution in [0.4, 0.5) is 8.78 Å². The Hall–Kier alpha value is -3.56. The van der Waals surface area contributed by atoms with Crippen molar-refractivity contribution in [3.63, 3.8) is 0 Å². The average molecular weight is 465 g/mol. The van der Waals surface area contributed by atoms with Gasteiger partial charge in [-0.05, 0) is 41.8 Å². The van der Waals surface area contributed by atoms with Gasteiger partial charge in [-0.25, -0.2) is 0 Å². The van der Waals surface area contributed by atoms with Crippen LogP contribution in [0.2, 0.25) is 0 Å². The SMILES string of the molecule is COC(=O)CC1c2cc(OC)c(OC)cc2CCN1C(=O)c1cccc(OC)c1OC(F)F. The number of para-hydroxylation sites is 1. The largest absolute Gasteiger partial charge is 0.493 e. The average Bonchev–Trinajstić information content (AvgIpc) is 2.82. The maximum atomic E-state index is 13.6. The maximum Gasteiger partial charge on any atom is 0.387 e. The van der Waals surface area contributed by atoms with Gasteiger partial charge in [-0.1, -0.05) is 6.07 Å². The third kappa shape index (κ3) is 4.94. The lowest BCUT2D eigenvalue weighted by Crippen LogP contribution is -2.41. The molecule has 0 radical (unpaired) electrons. The molecule has 2 aromatic rings. The lowest BCUT2D eigenvalue weighted by molar-refractivity contribution is -0.141. The number of nitrogens with zero attached hydrogens (tertiary/aromatic N) is 1. The normalized spacial score (nSPS) is 15.0. The lowest BCUT2D eigenvalue weighted by atomic mass is 9.89. The van der Waals surface area contributed by atoms with Gasteiger partial charge in [-0.3, -0.25) is 9.59 Å². The molecule has 0 spiro atoms. The standard InChI is InChI=1S/C23H25F2NO7/c1-29-17-7-5-6-14(21(17)33-23(24)25)22(28)26-9-8-13-10-18(30-2)19(31-3)11-15(13)16(26)12-20(27)32-4/h5-7,10-11,16,23H,8-9,12H2,1-4H3. The van der Waals surface area contributed by atoms with Crippen molar-refractivity contribution in [2.45, 2.75) is 25.5 Å². The minimum Gasteiger partial charge on any atom is -0.493 e. The van der Waals surface area contributed by atoms with Crippen molar-refractivity contribution in [3.05, 3.63) is 47.0 Å². The molecule has 1 amide bonds. The van der Waals surface area contributed by atoms with E-state index in [4.69, 9.17) is 18.9 Å². The summed E-state index contributed by atoms with van der Waals surface area (Å²) in [7, 11) is 5.54. The molecule has 0 aliphatic carbocycles. The second-order valence-corrected chi connectivity index (χ2v) is 7.17. The molecule has 2 aromatic carbocycles. The van der Waals surface area contributed by atoms with Crippen LogP contribution < -0.4 is 18.9 Å². The van der Waals surface area contributed by atoms with E-state index < -0.39 is 24.5 Å². The van der Waals surface area contributed by atoms with Gasteiger partial charge < -0.3 is 28.6 Å². The summed E-state index contributed by atoms with van der Waals surface area (Å²) in [6, 6.07) is 7.09. The number of amides is 1. The van der Waals surface area contributed by atoms with Crippen LogP contribution in [0, 0.1) is 0 Å². The molecule has 0 fully saturated rings. The van der Waals surface area contributed by atoms with Gasteiger partial charge in [-0.15, -0.1) is 0 Å². The Morgan fingerprint density at radius 2 is 1.70 bits per heavy atom. The van der Waals surface area contributed by atoms with Crippen LogP contribution in [-0.4, -0.2) is 58.4 Å². The first-order valence-corrected chi connectivity index (χ1v) is 10.1. The van der Waals surface area contributed by atoms with Gasteiger partial charge in [0.25, 0.3) is 5.91 Å². The number of hydrogen-bond acceptors (Lipinski definition) is 7. The predicted octanol–water partition coefficient (Wildman–Crippen LogP) is 3.62. The number of esters is 1. The summed E-state index contributed by atoms with van der Waals surface area (Å²) in [5.74, 6) is -0.532. The van der Waals surface area contributed by atoms with E-state index in [0.29, 0.717) is 23.5 Å². The van der Waals surface area contributed by atoms with Crippen LogP contribution in [0.3, 0.4) is 0 Å². The highest BCUT2D eigenvalue weighted by Gasteiger charge is 2.36. The molecular formula is C23H25F2NO7. The van der Waals surface area contributed by atoms with E-state index in [1.54, 1.807) is 12.1 Å². The quantitative estimate of drug-likeness (QED) is 0.551. The van der Waals surface area contributed by atoms with Gasteiger partial charge in [0.15, 0.2) is 23.0 Å². The Balaban J connectivity index is 2.09. The Labute approximate surface area is 189 Å². The number of alkyl halides is 2. The molecule has 178 valence electrons. The van der Waals surface area contributed by atoms with Crippen molar-refractivity contribution >= 4 is 11.9 Å². The van der Waals surface area contributed by atoms with E-state index in [-0.39, 0.29) is 30.0 Å². The summed E-state index contributed by atoms with van der Waals surface area (Å²) in [6.45, 7) is -2.92. The van der Waals surface area contributed by atoms with Gasteiger partial charge >= 0.3 is 12.6 Å². The first kappa shape index (κ1) is 24.1. The number of ether oxygens (including phenoxy) is 5. The first-order valence-electron chi connectivity index (χ1n) is 10.1. The zero-order valence-corrected chi connectivity index (χ0v) is 18.7. The van der Waals surface area contributed by atoms with Crippen molar-refractivity contribution < 1.29 is 42.1 Å². The molecule has 8 nitrogen and oxygen atoms in total. The summed E-state index contributed by atoms with van der Waals surface area (Å²) in [4.78, 5) is 27.2. The molecule has 1 heterocycles. The van der Waals surface area contributed by atoms with E-state index in [1.165, 1.54) is 51.5 Å². The van der Waals surface area contributed by atoms with E-state index in [9.17, 15) is 18.4 Å². The number of fused-ring (bicyclic) bond motifs is 1. The van der Waals surface area contributed by atoms with Crippen LogP contribution in [0.5, 0.6) is 23.0 Å². The third-order valence-corrected chi connectivity index (χ3v) is 5.49. The van der Waals surface area contributed by atoms with Crippen molar-refractivity contribution in [3.8, 4) is 23.0 Å². The minimum absolute atomic E-state index is 0.00511. The maximum absolute atomic E-state index is 13.6. The molecule has 10 heteroatoms. The van der Waals surface area contributed by atoms with Gasteiger partial charge in [0.05, 0.1) is 46.5 Å². The molecule has 0 N–H and O–H groups in total. The topological polar surface area (TPSA) is 83.5 Å². The van der Waals surface area contributed by atoms with Gasteiger partial charge in [0.1, 0.15) is 0 Å². The fraction of sp³-hybridized carbons (Fsp3) is 0.391. The number of methoxy groups -OCH3 is 4. The van der Waals surface area contributed by atoms with Crippen molar-refractivity contribution in [1.29, 1.82) is 0 Å². The van der Waals surface area contributed by atoms with E-state index in [0.717, 1.165) is 5.56 Å². The van der Waals surface area contributed by atoms with Crippen LogP contribution in [0.1, 0.15) is 33.9 Å². The minimum atomic E-state index is -3.16. The molecular weight excluding hydrogens is 440 g/mol. The Morgan fingerprint density at radius 1 is 1.03 bits per heavy atom. The van der Waals surface area contributed by atoms with Crippen LogP contribution in [0.25, 0.3) is 0 Å². The summed E-state index contributed by atoms with van der Waals surface area (Å²) in [5.41, 5.74) is 1.45. The molecule has 3 rings (SSSR count). The molecule has 0 saturated heterocycles. The zero-order valence-electron chi connectivity index (χ0n) is 18.7. The molecule has 1 aliphatic heterocycles. The molecule has 1 unspecified atom stereocenters. The van der Waals surface area contributed by atoms with Gasteiger partial charge in [0, 0.05) is 6.54 Å². The fourth-order valence-electron chi connectivity index (χ4n) is 3.94. The van der Waals surface area contributed by atoms with Crippen LogP contribution >= 0.6 is 0 Å². The van der Waals surface area contributed by atoms with E-state index in [1.807, 2.05) is 0 Å². The fourth-order valence-corrected chi connectivity index (χ4v) is 3.94. The molecule has 1 atom stereocenters. The Kier molecular flexibility index (Phi) is 7.57. The number of hydrogen-bond donors (Lipinski definition) is 0. The highest BCUT2D eigenvalue weighted by Crippen LogP contribution is 2.41. The number of rotatable bonds is 8. The Morgan fingerprint density at radius 3 is 2.30 bits per heavy atom. The number of carbonyl (C=O) groups excluding carboxylic acids is 2. The zero-order chi connectivity index (χ0) is 24.1. The van der Waals surface area contributed by atoms with Crippen molar-refractivity contribution in [2.75, 3.05) is 35.0 Å². The number of benzene rings is 2. The predicted molar refractivity (Wildman–Crippen MR) is 113 cm³/mol. The van der Waals surface area contributed by atoms with Crippen molar-refractivity contribution in [2.24, 2.45) is 0 Å². The highest BCUT2D eigenvalue weighted by molar-refractivity contribution is 5.98. The molecule has 0 bridgehead atoms. The number of halogens is 2. The van der Waals surface area contributed by atoms with Crippen LogP contribution in [-0.2, 0) is 16.0 Å². The molecule has 33 heavy (non-hydrogen) atoms. The van der Waals surface area contributed by atoms with Gasteiger partial charge in [0.2, 0.25) is 0 Å². The van der Waals surface area contributed by atoms with Crippen molar-refractivity contribution in [1.82, 2.24) is 4.90 Å². The third-order valence-electron chi connectivity index (χ3n) is 5.49. The summed E-state index contributed by atoms with van der Waals surface area (Å²) < 4.78 is 51.5.